The van der Waals surface area contributed by atoms with Gasteiger partial charge < -0.3 is 10.2 Å². The van der Waals surface area contributed by atoms with Gasteiger partial charge in [0.2, 0.25) is 0 Å². The third-order valence-corrected chi connectivity index (χ3v) is 3.61. The summed E-state index contributed by atoms with van der Waals surface area (Å²) in [7, 11) is 0. The lowest BCUT2D eigenvalue weighted by Crippen LogP contribution is -2.34. The number of aromatic nitrogens is 1. The van der Waals surface area contributed by atoms with E-state index in [1.165, 1.54) is 0 Å². The van der Waals surface area contributed by atoms with Gasteiger partial charge in [0.25, 0.3) is 5.91 Å². The van der Waals surface area contributed by atoms with Crippen LogP contribution in [0.5, 0.6) is 0 Å². The van der Waals surface area contributed by atoms with Gasteiger partial charge in [-0.15, -0.1) is 0 Å². The maximum atomic E-state index is 12.4. The summed E-state index contributed by atoms with van der Waals surface area (Å²) in [6, 6.07) is 4.08. The van der Waals surface area contributed by atoms with Crippen LogP contribution in [-0.4, -0.2) is 34.9 Å². The lowest BCUT2D eigenvalue weighted by atomic mass is 10.1. The first kappa shape index (κ1) is 13.8. The number of nitrogens with one attached hydrogen (secondary N) is 1. The minimum absolute atomic E-state index is 0.103. The van der Waals surface area contributed by atoms with Crippen LogP contribution in [0.3, 0.4) is 0 Å². The molecule has 104 valence electrons. The summed E-state index contributed by atoms with van der Waals surface area (Å²) in [6.45, 7) is 8.18. The summed E-state index contributed by atoms with van der Waals surface area (Å²) < 4.78 is 0. The zero-order valence-electron chi connectivity index (χ0n) is 12.0. The molecule has 0 radical (unpaired) electrons. The van der Waals surface area contributed by atoms with Gasteiger partial charge in [-0.05, 0) is 37.8 Å². The average molecular weight is 261 g/mol. The number of likely N-dealkylation sites (tertiary alicyclic amines) is 1. The van der Waals surface area contributed by atoms with Gasteiger partial charge in [0.1, 0.15) is 5.82 Å². The van der Waals surface area contributed by atoms with Crippen LogP contribution in [0.25, 0.3) is 0 Å². The first-order valence-electron chi connectivity index (χ1n) is 7.12. The summed E-state index contributed by atoms with van der Waals surface area (Å²) >= 11 is 0. The van der Waals surface area contributed by atoms with E-state index >= 15 is 0 Å². The van der Waals surface area contributed by atoms with Crippen LogP contribution in [0.2, 0.25) is 0 Å². The number of carbonyl (C=O) groups excluding carboxylic acids is 1. The molecule has 0 spiro atoms. The van der Waals surface area contributed by atoms with Crippen molar-refractivity contribution in [2.24, 2.45) is 5.92 Å². The molecule has 1 aliphatic heterocycles. The second-order valence-corrected chi connectivity index (χ2v) is 5.51. The van der Waals surface area contributed by atoms with E-state index in [4.69, 9.17) is 0 Å². The number of nitrogens with zero attached hydrogens (tertiary/aromatic N) is 2. The molecule has 1 fully saturated rings. The Bertz CT molecular complexity index is 430. The molecule has 0 bridgehead atoms. The molecule has 0 aromatic carbocycles. The molecule has 2 atom stereocenters. The van der Waals surface area contributed by atoms with Gasteiger partial charge in [0.05, 0.1) is 5.56 Å². The van der Waals surface area contributed by atoms with Crippen molar-refractivity contribution in [2.45, 2.75) is 39.7 Å². The molecule has 2 rings (SSSR count). The maximum Gasteiger partial charge on any atom is 0.255 e. The summed E-state index contributed by atoms with van der Waals surface area (Å²) in [5, 5.41) is 3.21. The van der Waals surface area contributed by atoms with Crippen LogP contribution in [0, 0.1) is 5.92 Å². The monoisotopic (exact) mass is 261 g/mol. The van der Waals surface area contributed by atoms with E-state index in [1.54, 1.807) is 6.20 Å². The Hall–Kier alpha value is -1.58. The fraction of sp³-hybridized carbons (Fsp3) is 0.600. The van der Waals surface area contributed by atoms with E-state index in [-0.39, 0.29) is 5.91 Å². The second-order valence-electron chi connectivity index (χ2n) is 5.51. The predicted molar refractivity (Wildman–Crippen MR) is 77.3 cm³/mol. The molecule has 1 aromatic heterocycles. The highest BCUT2D eigenvalue weighted by Gasteiger charge is 2.30. The molecule has 2 unspecified atom stereocenters. The molecule has 2 heterocycles. The minimum Gasteiger partial charge on any atom is -0.370 e. The number of hydrogen-bond donors (Lipinski definition) is 1. The van der Waals surface area contributed by atoms with E-state index < -0.39 is 0 Å². The van der Waals surface area contributed by atoms with E-state index in [0.29, 0.717) is 17.5 Å². The maximum absolute atomic E-state index is 12.4. The second kappa shape index (κ2) is 6.04. The number of hydrogen-bond acceptors (Lipinski definition) is 3. The molecule has 1 aliphatic rings. The average Bonchev–Trinajstić information content (AvgIpc) is 2.75. The molecule has 1 saturated heterocycles. The molecule has 0 aliphatic carbocycles. The number of amides is 1. The van der Waals surface area contributed by atoms with Gasteiger partial charge >= 0.3 is 0 Å². The highest BCUT2D eigenvalue weighted by molar-refractivity contribution is 5.94. The van der Waals surface area contributed by atoms with Crippen molar-refractivity contribution in [2.75, 3.05) is 18.4 Å². The Labute approximate surface area is 115 Å². The summed E-state index contributed by atoms with van der Waals surface area (Å²) in [5.41, 5.74) is 0.683. The molecule has 1 aromatic rings. The molecule has 4 nitrogen and oxygen atoms in total. The molecular weight excluding hydrogens is 238 g/mol. The first-order valence-corrected chi connectivity index (χ1v) is 7.12. The standard InChI is InChI=1S/C15H23N3O/c1-4-7-16-14-6-5-13(9-17-14)15(19)18-10-11(2)8-12(18)3/h5-6,9,11-12H,4,7-8,10H2,1-3H3,(H,16,17). The fourth-order valence-corrected chi connectivity index (χ4v) is 2.63. The van der Waals surface area contributed by atoms with E-state index in [0.717, 1.165) is 31.7 Å². The number of anilines is 1. The van der Waals surface area contributed by atoms with Crippen molar-refractivity contribution >= 4 is 11.7 Å². The van der Waals surface area contributed by atoms with Gasteiger partial charge in [-0.25, -0.2) is 4.98 Å². The van der Waals surface area contributed by atoms with E-state index in [1.807, 2.05) is 17.0 Å². The third kappa shape index (κ3) is 3.25. The Kier molecular flexibility index (Phi) is 4.40. The molecular formula is C15H23N3O. The number of pyridine rings is 1. The molecule has 4 heteroatoms. The van der Waals surface area contributed by atoms with Crippen molar-refractivity contribution in [3.8, 4) is 0 Å². The molecule has 19 heavy (non-hydrogen) atoms. The van der Waals surface area contributed by atoms with Crippen molar-refractivity contribution in [3.63, 3.8) is 0 Å². The zero-order chi connectivity index (χ0) is 13.8. The number of carbonyl (C=O) groups is 1. The minimum atomic E-state index is 0.103. The van der Waals surface area contributed by atoms with Crippen LogP contribution >= 0.6 is 0 Å². The Morgan fingerprint density at radius 3 is 2.79 bits per heavy atom. The van der Waals surface area contributed by atoms with E-state index in [9.17, 15) is 4.79 Å². The van der Waals surface area contributed by atoms with Crippen LogP contribution in [0.15, 0.2) is 18.3 Å². The van der Waals surface area contributed by atoms with Gasteiger partial charge in [-0.1, -0.05) is 13.8 Å². The van der Waals surface area contributed by atoms with Gasteiger partial charge in [0, 0.05) is 25.3 Å². The Balaban J connectivity index is 2.03. The van der Waals surface area contributed by atoms with Crippen LogP contribution in [0.4, 0.5) is 5.82 Å². The predicted octanol–water partition coefficient (Wildman–Crippen LogP) is 2.77. The first-order chi connectivity index (χ1) is 9.11. The SMILES string of the molecule is CCCNc1ccc(C(=O)N2CC(C)CC2C)cn1. The van der Waals surface area contributed by atoms with Crippen LogP contribution in [-0.2, 0) is 0 Å². The molecule has 1 amide bonds. The quantitative estimate of drug-likeness (QED) is 0.906. The lowest BCUT2D eigenvalue weighted by Gasteiger charge is -2.21. The normalized spacial score (nSPS) is 22.6. The topological polar surface area (TPSA) is 45.2 Å². The van der Waals surface area contributed by atoms with E-state index in [2.05, 4.69) is 31.1 Å². The van der Waals surface area contributed by atoms with Crippen LogP contribution < -0.4 is 5.32 Å². The zero-order valence-corrected chi connectivity index (χ0v) is 12.0. The number of rotatable bonds is 4. The van der Waals surface area contributed by atoms with Crippen LogP contribution in [0.1, 0.15) is 44.0 Å². The Morgan fingerprint density at radius 2 is 2.26 bits per heavy atom. The lowest BCUT2D eigenvalue weighted by molar-refractivity contribution is 0.0743. The third-order valence-electron chi connectivity index (χ3n) is 3.61. The highest BCUT2D eigenvalue weighted by atomic mass is 16.2. The van der Waals surface area contributed by atoms with Gasteiger partial charge in [0.15, 0.2) is 0 Å². The van der Waals surface area contributed by atoms with Crippen molar-refractivity contribution in [1.82, 2.24) is 9.88 Å². The smallest absolute Gasteiger partial charge is 0.255 e. The van der Waals surface area contributed by atoms with Crippen molar-refractivity contribution < 1.29 is 4.79 Å². The highest BCUT2D eigenvalue weighted by Crippen LogP contribution is 2.24. The summed E-state index contributed by atoms with van der Waals surface area (Å²) in [4.78, 5) is 18.6. The molecule has 0 saturated carbocycles. The molecule has 1 N–H and O–H groups in total. The van der Waals surface area contributed by atoms with Gasteiger partial charge in [-0.3, -0.25) is 4.79 Å². The largest absolute Gasteiger partial charge is 0.370 e. The summed E-state index contributed by atoms with van der Waals surface area (Å²) in [5.74, 6) is 1.53. The van der Waals surface area contributed by atoms with Crippen molar-refractivity contribution in [1.29, 1.82) is 0 Å². The van der Waals surface area contributed by atoms with Crippen molar-refractivity contribution in [3.05, 3.63) is 23.9 Å². The van der Waals surface area contributed by atoms with Gasteiger partial charge in [-0.2, -0.15) is 0 Å². The Morgan fingerprint density at radius 1 is 1.47 bits per heavy atom. The fourth-order valence-electron chi connectivity index (χ4n) is 2.63. The summed E-state index contributed by atoms with van der Waals surface area (Å²) in [6.07, 6.45) is 3.83.